The molecule has 1 aromatic carbocycles. The molecule has 0 saturated heterocycles. The van der Waals surface area contributed by atoms with Crippen molar-refractivity contribution >= 4 is 17.3 Å². The number of nitrogens with one attached hydrogen (secondary N) is 1. The summed E-state index contributed by atoms with van der Waals surface area (Å²) >= 11 is 6.15. The van der Waals surface area contributed by atoms with E-state index in [-0.39, 0.29) is 0 Å². The van der Waals surface area contributed by atoms with E-state index in [1.807, 2.05) is 6.07 Å². The Morgan fingerprint density at radius 2 is 1.89 bits per heavy atom. The zero-order chi connectivity index (χ0) is 14.4. The van der Waals surface area contributed by atoms with Gasteiger partial charge in [-0.15, -0.1) is 0 Å². The van der Waals surface area contributed by atoms with E-state index in [1.165, 1.54) is 11.3 Å². The van der Waals surface area contributed by atoms with Crippen LogP contribution in [0.5, 0.6) is 0 Å². The average Bonchev–Trinajstić information content (AvgIpc) is 2.38. The number of benzene rings is 1. The molecule has 0 aromatic heterocycles. The van der Waals surface area contributed by atoms with Crippen LogP contribution in [0.15, 0.2) is 18.2 Å². The van der Waals surface area contributed by atoms with Crippen molar-refractivity contribution in [1.29, 1.82) is 0 Å². The first-order valence-corrected chi connectivity index (χ1v) is 7.65. The zero-order valence-electron chi connectivity index (χ0n) is 12.8. The summed E-state index contributed by atoms with van der Waals surface area (Å²) in [6, 6.07) is 7.24. The summed E-state index contributed by atoms with van der Waals surface area (Å²) in [7, 11) is 0. The van der Waals surface area contributed by atoms with E-state index in [9.17, 15) is 0 Å². The Kier molecular flexibility index (Phi) is 6.67. The lowest BCUT2D eigenvalue weighted by atomic mass is 10.1. The number of rotatable bonds is 7. The number of anilines is 1. The summed E-state index contributed by atoms with van der Waals surface area (Å²) in [6.07, 6.45) is 1.15. The highest BCUT2D eigenvalue weighted by molar-refractivity contribution is 6.30. The van der Waals surface area contributed by atoms with Gasteiger partial charge in [-0.3, -0.25) is 0 Å². The van der Waals surface area contributed by atoms with Crippen LogP contribution in [-0.2, 0) is 6.54 Å². The van der Waals surface area contributed by atoms with Gasteiger partial charge in [-0.25, -0.2) is 0 Å². The maximum Gasteiger partial charge on any atom is 0.0415 e. The third kappa shape index (κ3) is 4.70. The Balaban J connectivity index is 3.03. The second-order valence-electron chi connectivity index (χ2n) is 5.35. The van der Waals surface area contributed by atoms with E-state index >= 15 is 0 Å². The van der Waals surface area contributed by atoms with Crippen molar-refractivity contribution in [3.05, 3.63) is 28.8 Å². The molecule has 0 heterocycles. The van der Waals surface area contributed by atoms with Crippen LogP contribution in [0.25, 0.3) is 0 Å². The lowest BCUT2D eigenvalue weighted by Gasteiger charge is -2.31. The molecule has 3 heteroatoms. The molecule has 19 heavy (non-hydrogen) atoms. The van der Waals surface area contributed by atoms with Gasteiger partial charge in [0.15, 0.2) is 0 Å². The standard InChI is InChI=1S/C16H27ClN2/c1-6-13(5)19(7-2)16-9-8-15(17)10-14(16)11-18-12(3)4/h8-10,12-13,18H,6-7,11H2,1-5H3. The normalized spacial score (nSPS) is 12.8. The maximum absolute atomic E-state index is 6.15. The molecule has 1 atom stereocenters. The van der Waals surface area contributed by atoms with Crippen molar-refractivity contribution in [3.63, 3.8) is 0 Å². The lowest BCUT2D eigenvalue weighted by molar-refractivity contribution is 0.582. The summed E-state index contributed by atoms with van der Waals surface area (Å²) in [6.45, 7) is 12.9. The van der Waals surface area contributed by atoms with Gasteiger partial charge in [0.05, 0.1) is 0 Å². The molecule has 108 valence electrons. The van der Waals surface area contributed by atoms with Crippen LogP contribution in [0.2, 0.25) is 5.02 Å². The smallest absolute Gasteiger partial charge is 0.0415 e. The van der Waals surface area contributed by atoms with Crippen molar-refractivity contribution in [3.8, 4) is 0 Å². The van der Waals surface area contributed by atoms with Gasteiger partial charge >= 0.3 is 0 Å². The molecule has 1 rings (SSSR count). The SMILES string of the molecule is CCC(C)N(CC)c1ccc(Cl)cc1CNC(C)C. The van der Waals surface area contributed by atoms with E-state index < -0.39 is 0 Å². The Labute approximate surface area is 123 Å². The van der Waals surface area contributed by atoms with Crippen LogP contribution in [0.4, 0.5) is 5.69 Å². The maximum atomic E-state index is 6.15. The third-order valence-corrected chi connectivity index (χ3v) is 3.75. The molecule has 0 spiro atoms. The molecule has 0 fully saturated rings. The van der Waals surface area contributed by atoms with Crippen LogP contribution in [0.3, 0.4) is 0 Å². The second-order valence-corrected chi connectivity index (χ2v) is 5.79. The monoisotopic (exact) mass is 282 g/mol. The average molecular weight is 283 g/mol. The Bertz CT molecular complexity index is 390. The van der Waals surface area contributed by atoms with Crippen molar-refractivity contribution in [1.82, 2.24) is 5.32 Å². The highest BCUT2D eigenvalue weighted by atomic mass is 35.5. The molecule has 0 amide bonds. The Hall–Kier alpha value is -0.730. The largest absolute Gasteiger partial charge is 0.369 e. The first-order chi connectivity index (χ1) is 8.99. The minimum atomic E-state index is 0.477. The summed E-state index contributed by atoms with van der Waals surface area (Å²) in [5.74, 6) is 0. The fourth-order valence-electron chi connectivity index (χ4n) is 2.23. The topological polar surface area (TPSA) is 15.3 Å². The fraction of sp³-hybridized carbons (Fsp3) is 0.625. The minimum absolute atomic E-state index is 0.477. The van der Waals surface area contributed by atoms with Gasteiger partial charge in [0, 0.05) is 35.9 Å². The highest BCUT2D eigenvalue weighted by Crippen LogP contribution is 2.26. The van der Waals surface area contributed by atoms with Crippen LogP contribution in [0, 0.1) is 0 Å². The predicted octanol–water partition coefficient (Wildman–Crippen LogP) is 4.46. The summed E-state index contributed by atoms with van der Waals surface area (Å²) in [5, 5.41) is 4.29. The van der Waals surface area contributed by atoms with Crippen LogP contribution >= 0.6 is 11.6 Å². The zero-order valence-corrected chi connectivity index (χ0v) is 13.6. The van der Waals surface area contributed by atoms with Gasteiger partial charge in [-0.1, -0.05) is 32.4 Å². The number of halogens is 1. The Morgan fingerprint density at radius 3 is 2.42 bits per heavy atom. The molecular weight excluding hydrogens is 256 g/mol. The Morgan fingerprint density at radius 1 is 1.21 bits per heavy atom. The number of hydrogen-bond donors (Lipinski definition) is 1. The molecule has 0 aliphatic carbocycles. The van der Waals surface area contributed by atoms with Crippen molar-refractivity contribution in [2.24, 2.45) is 0 Å². The number of hydrogen-bond acceptors (Lipinski definition) is 2. The fourth-order valence-corrected chi connectivity index (χ4v) is 2.42. The predicted molar refractivity (Wildman–Crippen MR) is 86.2 cm³/mol. The van der Waals surface area contributed by atoms with Gasteiger partial charge in [-0.2, -0.15) is 0 Å². The van der Waals surface area contributed by atoms with Crippen LogP contribution in [0.1, 0.15) is 46.6 Å². The van der Waals surface area contributed by atoms with Crippen molar-refractivity contribution in [2.75, 3.05) is 11.4 Å². The molecule has 1 N–H and O–H groups in total. The van der Waals surface area contributed by atoms with Crippen molar-refractivity contribution in [2.45, 2.75) is 59.7 Å². The van der Waals surface area contributed by atoms with Gasteiger partial charge in [0.25, 0.3) is 0 Å². The molecule has 1 unspecified atom stereocenters. The van der Waals surface area contributed by atoms with Crippen molar-refractivity contribution < 1.29 is 0 Å². The molecule has 0 radical (unpaired) electrons. The summed E-state index contributed by atoms with van der Waals surface area (Å²) in [5.41, 5.74) is 2.58. The van der Waals surface area contributed by atoms with E-state index in [2.05, 4.69) is 57.0 Å². The number of nitrogens with zero attached hydrogens (tertiary/aromatic N) is 1. The summed E-state index contributed by atoms with van der Waals surface area (Å²) in [4.78, 5) is 2.45. The minimum Gasteiger partial charge on any atom is -0.369 e. The molecule has 2 nitrogen and oxygen atoms in total. The molecule has 0 saturated carbocycles. The molecule has 1 aromatic rings. The quantitative estimate of drug-likeness (QED) is 0.794. The van der Waals surface area contributed by atoms with E-state index in [1.54, 1.807) is 0 Å². The van der Waals surface area contributed by atoms with Gasteiger partial charge < -0.3 is 10.2 Å². The molecule has 0 aliphatic heterocycles. The summed E-state index contributed by atoms with van der Waals surface area (Å²) < 4.78 is 0. The highest BCUT2D eigenvalue weighted by Gasteiger charge is 2.15. The third-order valence-electron chi connectivity index (χ3n) is 3.52. The first-order valence-electron chi connectivity index (χ1n) is 7.28. The van der Waals surface area contributed by atoms with Gasteiger partial charge in [0.2, 0.25) is 0 Å². The van der Waals surface area contributed by atoms with Gasteiger partial charge in [0.1, 0.15) is 0 Å². The van der Waals surface area contributed by atoms with Crippen LogP contribution < -0.4 is 10.2 Å². The van der Waals surface area contributed by atoms with Crippen LogP contribution in [-0.4, -0.2) is 18.6 Å². The second kappa shape index (κ2) is 7.76. The first kappa shape index (κ1) is 16.3. The molecule has 0 bridgehead atoms. The molecule has 0 aliphatic rings. The van der Waals surface area contributed by atoms with E-state index in [0.717, 1.165) is 24.5 Å². The van der Waals surface area contributed by atoms with E-state index in [0.29, 0.717) is 12.1 Å². The van der Waals surface area contributed by atoms with Gasteiger partial charge in [-0.05, 0) is 44.0 Å². The molecular formula is C16H27ClN2. The lowest BCUT2D eigenvalue weighted by Crippen LogP contribution is -2.34. The van der Waals surface area contributed by atoms with E-state index in [4.69, 9.17) is 11.6 Å².